The number of rotatable bonds is 3. The van der Waals surface area contributed by atoms with Gasteiger partial charge in [0.2, 0.25) is 0 Å². The van der Waals surface area contributed by atoms with E-state index < -0.39 is 0 Å². The Morgan fingerprint density at radius 2 is 2.31 bits per heavy atom. The van der Waals surface area contributed by atoms with E-state index in [0.717, 1.165) is 5.56 Å². The lowest BCUT2D eigenvalue weighted by atomic mass is 10.0. The molecule has 68 valence electrons. The molecule has 0 radical (unpaired) electrons. The molecule has 0 saturated heterocycles. The van der Waals surface area contributed by atoms with Crippen molar-refractivity contribution in [1.29, 1.82) is 5.26 Å². The van der Waals surface area contributed by atoms with Gasteiger partial charge in [-0.2, -0.15) is 5.26 Å². The second-order valence-corrected chi connectivity index (χ2v) is 2.96. The van der Waals surface area contributed by atoms with Gasteiger partial charge < -0.3 is 10.8 Å². The maximum atomic E-state index is 8.73. The summed E-state index contributed by atoms with van der Waals surface area (Å²) in [4.78, 5) is 0. The molecule has 3 heteroatoms. The van der Waals surface area contributed by atoms with Crippen LogP contribution in [0.15, 0.2) is 24.3 Å². The number of hydrogen-bond acceptors (Lipinski definition) is 3. The minimum absolute atomic E-state index is 0.0310. The van der Waals surface area contributed by atoms with Crippen LogP contribution < -0.4 is 5.73 Å². The Labute approximate surface area is 77.4 Å². The Balaban J connectivity index is 2.73. The van der Waals surface area contributed by atoms with E-state index in [2.05, 4.69) is 6.07 Å². The van der Waals surface area contributed by atoms with Gasteiger partial charge in [0, 0.05) is 6.04 Å². The van der Waals surface area contributed by atoms with Crippen molar-refractivity contribution in [1.82, 2.24) is 0 Å². The third kappa shape index (κ3) is 2.86. The highest BCUT2D eigenvalue weighted by Gasteiger charge is 2.02. The van der Waals surface area contributed by atoms with Crippen LogP contribution in [0.3, 0.4) is 0 Å². The Bertz CT molecular complexity index is 317. The summed E-state index contributed by atoms with van der Waals surface area (Å²) in [6.07, 6.45) is 0.603. The maximum Gasteiger partial charge on any atom is 0.0991 e. The van der Waals surface area contributed by atoms with Gasteiger partial charge in [-0.05, 0) is 24.1 Å². The molecule has 13 heavy (non-hydrogen) atoms. The lowest BCUT2D eigenvalue weighted by Crippen LogP contribution is -2.26. The first-order valence-corrected chi connectivity index (χ1v) is 4.11. The minimum atomic E-state index is -0.242. The summed E-state index contributed by atoms with van der Waals surface area (Å²) in [7, 11) is 0. The molecule has 0 aliphatic rings. The summed E-state index contributed by atoms with van der Waals surface area (Å²) in [5, 5.41) is 17.4. The summed E-state index contributed by atoms with van der Waals surface area (Å²) < 4.78 is 0. The van der Waals surface area contributed by atoms with E-state index in [-0.39, 0.29) is 12.6 Å². The molecular formula is C10H12N2O. The van der Waals surface area contributed by atoms with Crippen LogP contribution in [0.5, 0.6) is 0 Å². The largest absolute Gasteiger partial charge is 0.395 e. The predicted molar refractivity (Wildman–Crippen MR) is 49.9 cm³/mol. The average molecular weight is 176 g/mol. The topological polar surface area (TPSA) is 70.0 Å². The molecule has 0 aromatic heterocycles. The van der Waals surface area contributed by atoms with E-state index in [9.17, 15) is 0 Å². The molecular weight excluding hydrogens is 164 g/mol. The van der Waals surface area contributed by atoms with Crippen LogP contribution in [0.2, 0.25) is 0 Å². The first kappa shape index (κ1) is 9.72. The zero-order chi connectivity index (χ0) is 9.68. The van der Waals surface area contributed by atoms with Crippen molar-refractivity contribution in [3.63, 3.8) is 0 Å². The van der Waals surface area contributed by atoms with Gasteiger partial charge >= 0.3 is 0 Å². The Kier molecular flexibility index (Phi) is 3.44. The monoisotopic (exact) mass is 176 g/mol. The van der Waals surface area contributed by atoms with Crippen LogP contribution in [0.25, 0.3) is 0 Å². The SMILES string of the molecule is N#Cc1cccc(CC(N)CO)c1. The van der Waals surface area contributed by atoms with Crippen molar-refractivity contribution < 1.29 is 5.11 Å². The minimum Gasteiger partial charge on any atom is -0.395 e. The summed E-state index contributed by atoms with van der Waals surface area (Å²) in [6.45, 7) is -0.0310. The third-order valence-corrected chi connectivity index (χ3v) is 1.79. The molecule has 1 aromatic rings. The van der Waals surface area contributed by atoms with E-state index in [1.807, 2.05) is 12.1 Å². The number of nitrogens with two attached hydrogens (primary N) is 1. The van der Waals surface area contributed by atoms with Gasteiger partial charge in [-0.1, -0.05) is 12.1 Å². The highest BCUT2D eigenvalue weighted by atomic mass is 16.3. The molecule has 1 unspecified atom stereocenters. The summed E-state index contributed by atoms with van der Waals surface area (Å²) in [6, 6.07) is 9.06. The van der Waals surface area contributed by atoms with Crippen molar-refractivity contribution in [3.05, 3.63) is 35.4 Å². The molecule has 1 atom stereocenters. The number of aliphatic hydroxyl groups is 1. The quantitative estimate of drug-likeness (QED) is 0.701. The van der Waals surface area contributed by atoms with Gasteiger partial charge in [-0.15, -0.1) is 0 Å². The number of nitrogens with zero attached hydrogens (tertiary/aromatic N) is 1. The fourth-order valence-electron chi connectivity index (χ4n) is 1.14. The molecule has 0 fully saturated rings. The second kappa shape index (κ2) is 4.61. The number of hydrogen-bond donors (Lipinski definition) is 2. The molecule has 0 saturated carbocycles. The molecule has 3 N–H and O–H groups in total. The zero-order valence-corrected chi connectivity index (χ0v) is 7.27. The van der Waals surface area contributed by atoms with Gasteiger partial charge in [-0.25, -0.2) is 0 Å². The lowest BCUT2D eigenvalue weighted by molar-refractivity contribution is 0.265. The third-order valence-electron chi connectivity index (χ3n) is 1.79. The van der Waals surface area contributed by atoms with E-state index in [1.54, 1.807) is 12.1 Å². The van der Waals surface area contributed by atoms with Gasteiger partial charge in [0.1, 0.15) is 0 Å². The standard InChI is InChI=1S/C10H12N2O/c11-6-9-3-1-2-8(4-9)5-10(12)7-13/h1-4,10,13H,5,7,12H2. The lowest BCUT2D eigenvalue weighted by Gasteiger charge is -2.07. The summed E-state index contributed by atoms with van der Waals surface area (Å²) in [5.41, 5.74) is 7.18. The molecule has 0 amide bonds. The van der Waals surface area contributed by atoms with Crippen molar-refractivity contribution >= 4 is 0 Å². The van der Waals surface area contributed by atoms with E-state index in [1.165, 1.54) is 0 Å². The van der Waals surface area contributed by atoms with Crippen LogP contribution in [-0.2, 0) is 6.42 Å². The van der Waals surface area contributed by atoms with Gasteiger partial charge in [0.05, 0.1) is 18.2 Å². The molecule has 0 bridgehead atoms. The maximum absolute atomic E-state index is 8.73. The second-order valence-electron chi connectivity index (χ2n) is 2.96. The molecule has 0 aliphatic heterocycles. The Morgan fingerprint density at radius 1 is 1.54 bits per heavy atom. The zero-order valence-electron chi connectivity index (χ0n) is 7.27. The molecule has 1 rings (SSSR count). The summed E-state index contributed by atoms with van der Waals surface area (Å²) >= 11 is 0. The van der Waals surface area contributed by atoms with Crippen LogP contribution in [0, 0.1) is 11.3 Å². The first-order chi connectivity index (χ1) is 6.26. The van der Waals surface area contributed by atoms with Crippen molar-refractivity contribution in [3.8, 4) is 6.07 Å². The highest BCUT2D eigenvalue weighted by Crippen LogP contribution is 2.05. The molecule has 0 heterocycles. The molecule has 0 aliphatic carbocycles. The van der Waals surface area contributed by atoms with Gasteiger partial charge in [0.15, 0.2) is 0 Å². The van der Waals surface area contributed by atoms with Crippen LogP contribution in [0.1, 0.15) is 11.1 Å². The molecule has 1 aromatic carbocycles. The Morgan fingerprint density at radius 3 is 2.92 bits per heavy atom. The highest BCUT2D eigenvalue weighted by molar-refractivity contribution is 5.33. The Hall–Kier alpha value is -1.37. The van der Waals surface area contributed by atoms with Crippen LogP contribution in [-0.4, -0.2) is 17.8 Å². The van der Waals surface area contributed by atoms with E-state index >= 15 is 0 Å². The van der Waals surface area contributed by atoms with E-state index in [4.69, 9.17) is 16.1 Å². The normalized spacial score (nSPS) is 12.1. The first-order valence-electron chi connectivity index (χ1n) is 4.11. The number of nitriles is 1. The fraction of sp³-hybridized carbons (Fsp3) is 0.300. The van der Waals surface area contributed by atoms with Gasteiger partial charge in [0.25, 0.3) is 0 Å². The summed E-state index contributed by atoms with van der Waals surface area (Å²) in [5.74, 6) is 0. The van der Waals surface area contributed by atoms with E-state index in [0.29, 0.717) is 12.0 Å². The molecule has 3 nitrogen and oxygen atoms in total. The van der Waals surface area contributed by atoms with Gasteiger partial charge in [-0.3, -0.25) is 0 Å². The predicted octanol–water partition coefficient (Wildman–Crippen LogP) is 0.420. The van der Waals surface area contributed by atoms with Crippen molar-refractivity contribution in [2.24, 2.45) is 5.73 Å². The van der Waals surface area contributed by atoms with Crippen LogP contribution >= 0.6 is 0 Å². The average Bonchev–Trinajstić information content (AvgIpc) is 2.18. The number of aliphatic hydroxyl groups excluding tert-OH is 1. The van der Waals surface area contributed by atoms with Crippen LogP contribution in [0.4, 0.5) is 0 Å². The fourth-order valence-corrected chi connectivity index (χ4v) is 1.14. The van der Waals surface area contributed by atoms with Crippen molar-refractivity contribution in [2.45, 2.75) is 12.5 Å². The number of benzene rings is 1. The smallest absolute Gasteiger partial charge is 0.0991 e. The van der Waals surface area contributed by atoms with Crippen molar-refractivity contribution in [2.75, 3.05) is 6.61 Å². The molecule has 0 spiro atoms.